The molecule has 0 bridgehead atoms. The topological polar surface area (TPSA) is 72.9 Å². The average molecular weight is 472 g/mol. The Labute approximate surface area is 193 Å². The lowest BCUT2D eigenvalue weighted by Gasteiger charge is -2.27. The minimum Gasteiger partial charge on any atom is -0.379 e. The minimum atomic E-state index is -4.11. The Morgan fingerprint density at radius 1 is 0.939 bits per heavy atom. The van der Waals surface area contributed by atoms with Crippen LogP contribution in [0.1, 0.15) is 25.0 Å². The number of hydrogen-bond donors (Lipinski definition) is 0. The minimum absolute atomic E-state index is 0.0673. The van der Waals surface area contributed by atoms with E-state index < -0.39 is 15.9 Å². The summed E-state index contributed by atoms with van der Waals surface area (Å²) in [5.74, 6) is -0.610. The Balaban J connectivity index is 1.64. The molecule has 0 aliphatic carbocycles. The molecule has 0 N–H and O–H groups in total. The van der Waals surface area contributed by atoms with Crippen LogP contribution in [0.25, 0.3) is 0 Å². The number of carbonyl (C=O) groups is 1. The van der Waals surface area contributed by atoms with E-state index in [-0.39, 0.29) is 35.7 Å². The molecule has 0 saturated carbocycles. The van der Waals surface area contributed by atoms with Crippen LogP contribution in [0.4, 0.5) is 4.39 Å². The SMILES string of the molecule is CC(C)N(Cc1cccc(OS(=O)(=O)c2ccc(F)cc2)c1)C(=O)COCc1ccccc1. The van der Waals surface area contributed by atoms with Crippen LogP contribution in [0.15, 0.2) is 83.8 Å². The van der Waals surface area contributed by atoms with E-state index in [1.165, 1.54) is 6.07 Å². The van der Waals surface area contributed by atoms with Crippen LogP contribution in [-0.4, -0.2) is 31.9 Å². The molecule has 6 nitrogen and oxygen atoms in total. The molecule has 0 heterocycles. The maximum atomic E-state index is 13.1. The lowest BCUT2D eigenvalue weighted by Crippen LogP contribution is -2.38. The lowest BCUT2D eigenvalue weighted by atomic mass is 10.1. The van der Waals surface area contributed by atoms with Gasteiger partial charge in [0.2, 0.25) is 5.91 Å². The van der Waals surface area contributed by atoms with Crippen molar-refractivity contribution in [2.24, 2.45) is 0 Å². The van der Waals surface area contributed by atoms with Gasteiger partial charge in [-0.25, -0.2) is 4.39 Å². The molecule has 3 aromatic carbocycles. The Morgan fingerprint density at radius 2 is 1.61 bits per heavy atom. The van der Waals surface area contributed by atoms with Gasteiger partial charge in [0.05, 0.1) is 6.61 Å². The summed E-state index contributed by atoms with van der Waals surface area (Å²) in [4.78, 5) is 14.3. The Kier molecular flexibility index (Phi) is 8.19. The van der Waals surface area contributed by atoms with E-state index in [4.69, 9.17) is 8.92 Å². The first-order valence-corrected chi connectivity index (χ1v) is 11.9. The van der Waals surface area contributed by atoms with Crippen molar-refractivity contribution < 1.29 is 26.5 Å². The summed E-state index contributed by atoms with van der Waals surface area (Å²) < 4.78 is 48.8. The van der Waals surface area contributed by atoms with Gasteiger partial charge in [0.25, 0.3) is 0 Å². The van der Waals surface area contributed by atoms with E-state index in [0.717, 1.165) is 29.8 Å². The summed E-state index contributed by atoms with van der Waals surface area (Å²) in [7, 11) is -4.11. The fraction of sp³-hybridized carbons (Fsp3) is 0.240. The van der Waals surface area contributed by atoms with Crippen molar-refractivity contribution in [3.8, 4) is 5.75 Å². The average Bonchev–Trinajstić information content (AvgIpc) is 2.78. The Morgan fingerprint density at radius 3 is 2.27 bits per heavy atom. The third-order valence-electron chi connectivity index (χ3n) is 4.84. The highest BCUT2D eigenvalue weighted by atomic mass is 32.2. The van der Waals surface area contributed by atoms with E-state index in [1.807, 2.05) is 44.2 Å². The largest absolute Gasteiger partial charge is 0.379 e. The van der Waals surface area contributed by atoms with Gasteiger partial charge >= 0.3 is 10.1 Å². The van der Waals surface area contributed by atoms with Gasteiger partial charge in [-0.2, -0.15) is 8.42 Å². The first-order valence-electron chi connectivity index (χ1n) is 10.4. The third-order valence-corrected chi connectivity index (χ3v) is 6.10. The van der Waals surface area contributed by atoms with Crippen molar-refractivity contribution in [2.75, 3.05) is 6.61 Å². The zero-order chi connectivity index (χ0) is 23.8. The quantitative estimate of drug-likeness (QED) is 0.406. The van der Waals surface area contributed by atoms with E-state index in [0.29, 0.717) is 12.2 Å². The van der Waals surface area contributed by atoms with Gasteiger partial charge in [0, 0.05) is 12.6 Å². The monoisotopic (exact) mass is 471 g/mol. The first kappa shape index (κ1) is 24.4. The maximum Gasteiger partial charge on any atom is 0.339 e. The molecule has 0 radical (unpaired) electrons. The van der Waals surface area contributed by atoms with Crippen LogP contribution in [0.2, 0.25) is 0 Å². The summed E-state index contributed by atoms with van der Waals surface area (Å²) in [6, 6.07) is 20.4. The van der Waals surface area contributed by atoms with Crippen molar-refractivity contribution in [1.82, 2.24) is 4.90 Å². The molecule has 0 aliphatic rings. The summed E-state index contributed by atoms with van der Waals surface area (Å²) in [5, 5.41) is 0. The van der Waals surface area contributed by atoms with E-state index in [2.05, 4.69) is 0 Å². The summed E-state index contributed by atoms with van der Waals surface area (Å²) in [5.41, 5.74) is 1.68. The van der Waals surface area contributed by atoms with Gasteiger partial charge in [0.1, 0.15) is 23.1 Å². The van der Waals surface area contributed by atoms with Crippen molar-refractivity contribution in [3.05, 3.63) is 95.8 Å². The first-order chi connectivity index (χ1) is 15.7. The standard InChI is InChI=1S/C25H26FNO5S/c1-19(2)27(25(28)18-31-17-20-7-4-3-5-8-20)16-21-9-6-10-23(15-21)32-33(29,30)24-13-11-22(26)12-14-24/h3-15,19H,16-18H2,1-2H3. The second-order valence-corrected chi connectivity index (χ2v) is 9.28. The number of benzene rings is 3. The summed E-state index contributed by atoms with van der Waals surface area (Å²) in [6.07, 6.45) is 0. The van der Waals surface area contributed by atoms with Crippen molar-refractivity contribution in [3.63, 3.8) is 0 Å². The molecule has 0 aromatic heterocycles. The number of hydrogen-bond acceptors (Lipinski definition) is 5. The molecule has 0 saturated heterocycles. The van der Waals surface area contributed by atoms with E-state index >= 15 is 0 Å². The summed E-state index contributed by atoms with van der Waals surface area (Å²) >= 11 is 0. The molecule has 0 unspecified atom stereocenters. The highest BCUT2D eigenvalue weighted by molar-refractivity contribution is 7.87. The van der Waals surface area contributed by atoms with Crippen LogP contribution in [0, 0.1) is 5.82 Å². The van der Waals surface area contributed by atoms with Gasteiger partial charge in [-0.3, -0.25) is 4.79 Å². The number of rotatable bonds is 10. The van der Waals surface area contributed by atoms with Crippen molar-refractivity contribution >= 4 is 16.0 Å². The predicted octanol–water partition coefficient (Wildman–Crippen LogP) is 4.55. The molecule has 0 aliphatic heterocycles. The number of amides is 1. The second-order valence-electron chi connectivity index (χ2n) is 7.73. The van der Waals surface area contributed by atoms with Gasteiger partial charge in [-0.1, -0.05) is 42.5 Å². The molecule has 0 fully saturated rings. The fourth-order valence-corrected chi connectivity index (χ4v) is 4.06. The number of nitrogens with zero attached hydrogens (tertiary/aromatic N) is 1. The fourth-order valence-electron chi connectivity index (χ4n) is 3.14. The van der Waals surface area contributed by atoms with Gasteiger partial charge in [0.15, 0.2) is 0 Å². The molecule has 8 heteroatoms. The van der Waals surface area contributed by atoms with E-state index in [1.54, 1.807) is 23.1 Å². The number of ether oxygens (including phenoxy) is 1. The molecule has 3 rings (SSSR count). The summed E-state index contributed by atoms with van der Waals surface area (Å²) in [6.45, 7) is 4.33. The van der Waals surface area contributed by atoms with Crippen LogP contribution in [0.5, 0.6) is 5.75 Å². The number of halogens is 1. The molecule has 0 spiro atoms. The number of carbonyl (C=O) groups excluding carboxylic acids is 1. The molecule has 174 valence electrons. The molecule has 3 aromatic rings. The third kappa shape index (κ3) is 7.13. The van der Waals surface area contributed by atoms with Crippen molar-refractivity contribution in [2.45, 2.75) is 37.9 Å². The van der Waals surface area contributed by atoms with Crippen molar-refractivity contribution in [1.29, 1.82) is 0 Å². The highest BCUT2D eigenvalue weighted by Gasteiger charge is 2.20. The predicted molar refractivity (Wildman–Crippen MR) is 122 cm³/mol. The van der Waals surface area contributed by atoms with Crippen LogP contribution >= 0.6 is 0 Å². The molecule has 33 heavy (non-hydrogen) atoms. The van der Waals surface area contributed by atoms with E-state index in [9.17, 15) is 17.6 Å². The molecular formula is C25H26FNO5S. The molecular weight excluding hydrogens is 445 g/mol. The van der Waals surface area contributed by atoms with Crippen LogP contribution < -0.4 is 4.18 Å². The zero-order valence-electron chi connectivity index (χ0n) is 18.5. The van der Waals surface area contributed by atoms with Gasteiger partial charge < -0.3 is 13.8 Å². The Bertz CT molecular complexity index is 1160. The molecule has 1 amide bonds. The Hall–Kier alpha value is -3.23. The zero-order valence-corrected chi connectivity index (χ0v) is 19.3. The lowest BCUT2D eigenvalue weighted by molar-refractivity contribution is -0.139. The van der Waals surface area contributed by atoms with Crippen LogP contribution in [0.3, 0.4) is 0 Å². The van der Waals surface area contributed by atoms with Gasteiger partial charge in [-0.15, -0.1) is 0 Å². The second kappa shape index (κ2) is 11.1. The maximum absolute atomic E-state index is 13.1. The molecule has 0 atom stereocenters. The normalized spacial score (nSPS) is 11.4. The smallest absolute Gasteiger partial charge is 0.339 e. The van der Waals surface area contributed by atoms with Gasteiger partial charge in [-0.05, 0) is 61.4 Å². The van der Waals surface area contributed by atoms with Crippen LogP contribution in [-0.2, 0) is 32.8 Å². The highest BCUT2D eigenvalue weighted by Crippen LogP contribution is 2.21.